The molecule has 2 aromatic carbocycles. The first-order valence-electron chi connectivity index (χ1n) is 9.37. The van der Waals surface area contributed by atoms with Crippen LogP contribution in [0.15, 0.2) is 42.5 Å². The fraction of sp³-hybridized carbons (Fsp3) is 0.333. The highest BCUT2D eigenvalue weighted by atomic mass is 35.5. The molecule has 2 N–H and O–H groups in total. The lowest BCUT2D eigenvalue weighted by atomic mass is 10.0. The molecule has 2 aromatic rings. The molecule has 0 radical (unpaired) electrons. The van der Waals surface area contributed by atoms with Crippen LogP contribution in [0.3, 0.4) is 0 Å². The second-order valence-electron chi connectivity index (χ2n) is 6.90. The third kappa shape index (κ3) is 5.85. The number of nitrogens with zero attached hydrogens (tertiary/aromatic N) is 1. The predicted molar refractivity (Wildman–Crippen MR) is 115 cm³/mol. The number of amides is 2. The summed E-state index contributed by atoms with van der Waals surface area (Å²) < 4.78 is 5.11. The SMILES string of the molecule is COc1ccc(C(=O)NC2CCN(CC(=O)Nc3cccc(Cl)c3Cl)CC2)cc1. The van der Waals surface area contributed by atoms with Crippen LogP contribution in [0.5, 0.6) is 5.75 Å². The van der Waals surface area contributed by atoms with Gasteiger partial charge in [0.2, 0.25) is 5.91 Å². The standard InChI is InChI=1S/C21H23Cl2N3O3/c1-29-16-7-5-14(6-8-16)21(28)24-15-9-11-26(12-10-15)13-19(27)25-18-4-2-3-17(22)20(18)23/h2-8,15H,9-13H2,1H3,(H,24,28)(H,25,27). The Morgan fingerprint density at radius 2 is 1.79 bits per heavy atom. The van der Waals surface area contributed by atoms with E-state index >= 15 is 0 Å². The molecule has 1 aliphatic heterocycles. The van der Waals surface area contributed by atoms with Gasteiger partial charge in [-0.1, -0.05) is 29.3 Å². The predicted octanol–water partition coefficient (Wildman–Crippen LogP) is 3.83. The summed E-state index contributed by atoms with van der Waals surface area (Å²) >= 11 is 12.1. The van der Waals surface area contributed by atoms with Crippen molar-refractivity contribution in [1.29, 1.82) is 0 Å². The summed E-state index contributed by atoms with van der Waals surface area (Å²) in [5, 5.41) is 6.59. The monoisotopic (exact) mass is 435 g/mol. The molecular formula is C21H23Cl2N3O3. The van der Waals surface area contributed by atoms with Gasteiger partial charge in [0, 0.05) is 24.7 Å². The Balaban J connectivity index is 1.44. The number of rotatable bonds is 6. The van der Waals surface area contributed by atoms with Crippen LogP contribution in [0.1, 0.15) is 23.2 Å². The molecule has 0 bridgehead atoms. The molecule has 154 valence electrons. The zero-order chi connectivity index (χ0) is 20.8. The second kappa shape index (κ2) is 9.96. The number of likely N-dealkylation sites (tertiary alicyclic amines) is 1. The van der Waals surface area contributed by atoms with Gasteiger partial charge in [0.1, 0.15) is 5.75 Å². The van der Waals surface area contributed by atoms with E-state index in [9.17, 15) is 9.59 Å². The second-order valence-corrected chi connectivity index (χ2v) is 7.69. The first-order chi connectivity index (χ1) is 14.0. The molecule has 1 heterocycles. The number of anilines is 1. The zero-order valence-electron chi connectivity index (χ0n) is 16.1. The molecule has 0 aromatic heterocycles. The molecule has 0 atom stereocenters. The summed E-state index contributed by atoms with van der Waals surface area (Å²) in [6.07, 6.45) is 1.57. The van der Waals surface area contributed by atoms with Gasteiger partial charge < -0.3 is 15.4 Å². The minimum Gasteiger partial charge on any atom is -0.497 e. The molecule has 0 aliphatic carbocycles. The van der Waals surface area contributed by atoms with Gasteiger partial charge in [-0.15, -0.1) is 0 Å². The van der Waals surface area contributed by atoms with Crippen molar-refractivity contribution in [3.8, 4) is 5.75 Å². The van der Waals surface area contributed by atoms with Crippen molar-refractivity contribution < 1.29 is 14.3 Å². The fourth-order valence-electron chi connectivity index (χ4n) is 3.24. The first-order valence-corrected chi connectivity index (χ1v) is 10.1. The highest BCUT2D eigenvalue weighted by Gasteiger charge is 2.23. The Hall–Kier alpha value is -2.28. The maximum absolute atomic E-state index is 12.4. The summed E-state index contributed by atoms with van der Waals surface area (Å²) in [6.45, 7) is 1.72. The summed E-state index contributed by atoms with van der Waals surface area (Å²) in [4.78, 5) is 26.7. The van der Waals surface area contributed by atoms with E-state index in [1.54, 1.807) is 49.6 Å². The quantitative estimate of drug-likeness (QED) is 0.722. The lowest BCUT2D eigenvalue weighted by molar-refractivity contribution is -0.117. The first kappa shape index (κ1) is 21.4. The number of nitrogens with one attached hydrogen (secondary N) is 2. The van der Waals surface area contributed by atoms with E-state index in [-0.39, 0.29) is 24.4 Å². The van der Waals surface area contributed by atoms with E-state index in [1.807, 2.05) is 0 Å². The van der Waals surface area contributed by atoms with Crippen LogP contribution in [-0.2, 0) is 4.79 Å². The maximum atomic E-state index is 12.4. The maximum Gasteiger partial charge on any atom is 0.251 e. The lowest BCUT2D eigenvalue weighted by Gasteiger charge is -2.31. The summed E-state index contributed by atoms with van der Waals surface area (Å²) in [6, 6.07) is 12.2. The van der Waals surface area contributed by atoms with Crippen LogP contribution in [0, 0.1) is 0 Å². The van der Waals surface area contributed by atoms with Crippen molar-refractivity contribution in [2.24, 2.45) is 0 Å². The van der Waals surface area contributed by atoms with Crippen molar-refractivity contribution in [2.45, 2.75) is 18.9 Å². The van der Waals surface area contributed by atoms with E-state index < -0.39 is 0 Å². The van der Waals surface area contributed by atoms with Gasteiger partial charge in [0.05, 0.1) is 29.4 Å². The van der Waals surface area contributed by atoms with Gasteiger partial charge in [0.15, 0.2) is 0 Å². The minimum absolute atomic E-state index is 0.0892. The van der Waals surface area contributed by atoms with Gasteiger partial charge >= 0.3 is 0 Å². The van der Waals surface area contributed by atoms with Crippen LogP contribution in [0.25, 0.3) is 0 Å². The summed E-state index contributed by atoms with van der Waals surface area (Å²) in [5.74, 6) is 0.474. The van der Waals surface area contributed by atoms with Gasteiger partial charge in [-0.05, 0) is 49.2 Å². The molecule has 8 heteroatoms. The van der Waals surface area contributed by atoms with Crippen LogP contribution >= 0.6 is 23.2 Å². The van der Waals surface area contributed by atoms with E-state index in [4.69, 9.17) is 27.9 Å². The number of piperidine rings is 1. The number of carbonyl (C=O) groups excluding carboxylic acids is 2. The third-order valence-corrected chi connectivity index (χ3v) is 5.69. The number of hydrogen-bond donors (Lipinski definition) is 2. The van der Waals surface area contributed by atoms with E-state index in [2.05, 4.69) is 15.5 Å². The van der Waals surface area contributed by atoms with Gasteiger partial charge in [-0.3, -0.25) is 14.5 Å². The van der Waals surface area contributed by atoms with Gasteiger partial charge in [-0.2, -0.15) is 0 Å². The Morgan fingerprint density at radius 1 is 1.10 bits per heavy atom. The number of carbonyl (C=O) groups is 2. The van der Waals surface area contributed by atoms with Crippen molar-refractivity contribution in [2.75, 3.05) is 32.1 Å². The van der Waals surface area contributed by atoms with Crippen LogP contribution < -0.4 is 15.4 Å². The molecule has 29 heavy (non-hydrogen) atoms. The Bertz CT molecular complexity index is 866. The highest BCUT2D eigenvalue weighted by Crippen LogP contribution is 2.29. The van der Waals surface area contributed by atoms with Crippen molar-refractivity contribution >= 4 is 40.7 Å². The molecule has 1 aliphatic rings. The number of methoxy groups -OCH3 is 1. The molecule has 2 amide bonds. The Labute approximate surface area is 180 Å². The molecule has 0 spiro atoms. The minimum atomic E-state index is -0.144. The molecule has 3 rings (SSSR count). The molecule has 0 saturated carbocycles. The Morgan fingerprint density at radius 3 is 2.45 bits per heavy atom. The largest absolute Gasteiger partial charge is 0.497 e. The summed E-state index contributed by atoms with van der Waals surface area (Å²) in [5.41, 5.74) is 1.11. The van der Waals surface area contributed by atoms with Crippen molar-refractivity contribution in [3.63, 3.8) is 0 Å². The van der Waals surface area contributed by atoms with Crippen molar-refractivity contribution in [3.05, 3.63) is 58.1 Å². The normalized spacial score (nSPS) is 15.0. The average molecular weight is 436 g/mol. The van der Waals surface area contributed by atoms with E-state index in [1.165, 1.54) is 0 Å². The lowest BCUT2D eigenvalue weighted by Crippen LogP contribution is -2.46. The summed E-state index contributed by atoms with van der Waals surface area (Å²) in [7, 11) is 1.59. The number of hydrogen-bond acceptors (Lipinski definition) is 4. The molecular weight excluding hydrogens is 413 g/mol. The topological polar surface area (TPSA) is 70.7 Å². The highest BCUT2D eigenvalue weighted by molar-refractivity contribution is 6.44. The number of benzene rings is 2. The van der Waals surface area contributed by atoms with E-state index in [0.29, 0.717) is 27.0 Å². The molecule has 6 nitrogen and oxygen atoms in total. The van der Waals surface area contributed by atoms with Gasteiger partial charge in [0.25, 0.3) is 5.91 Å². The van der Waals surface area contributed by atoms with Crippen LogP contribution in [-0.4, -0.2) is 49.5 Å². The zero-order valence-corrected chi connectivity index (χ0v) is 17.6. The number of halogens is 2. The van der Waals surface area contributed by atoms with Crippen LogP contribution in [0.2, 0.25) is 10.0 Å². The third-order valence-electron chi connectivity index (χ3n) is 4.87. The van der Waals surface area contributed by atoms with Crippen molar-refractivity contribution in [1.82, 2.24) is 10.2 Å². The molecule has 0 unspecified atom stereocenters. The number of ether oxygens (including phenoxy) is 1. The molecule has 1 fully saturated rings. The van der Waals surface area contributed by atoms with E-state index in [0.717, 1.165) is 25.9 Å². The smallest absolute Gasteiger partial charge is 0.251 e. The Kier molecular flexibility index (Phi) is 7.36. The molecule has 1 saturated heterocycles. The fourth-order valence-corrected chi connectivity index (χ4v) is 3.59. The van der Waals surface area contributed by atoms with Crippen LogP contribution in [0.4, 0.5) is 5.69 Å². The van der Waals surface area contributed by atoms with Gasteiger partial charge in [-0.25, -0.2) is 0 Å². The average Bonchev–Trinajstić information content (AvgIpc) is 2.73.